The first kappa shape index (κ1) is 21.3. The highest BCUT2D eigenvalue weighted by atomic mass is 16.5. The second-order valence-corrected chi connectivity index (χ2v) is 9.44. The van der Waals surface area contributed by atoms with Gasteiger partial charge in [0.1, 0.15) is 5.75 Å². The van der Waals surface area contributed by atoms with E-state index in [9.17, 15) is 4.79 Å². The van der Waals surface area contributed by atoms with Crippen molar-refractivity contribution < 1.29 is 9.53 Å². The number of hydrogen-bond donors (Lipinski definition) is 0. The third-order valence-electron chi connectivity index (χ3n) is 7.62. The van der Waals surface area contributed by atoms with E-state index in [4.69, 9.17) is 4.74 Å². The van der Waals surface area contributed by atoms with Gasteiger partial charge in [-0.25, -0.2) is 0 Å². The van der Waals surface area contributed by atoms with Crippen molar-refractivity contribution in [2.24, 2.45) is 0 Å². The fraction of sp³-hybridized carbons (Fsp3) is 0.519. The van der Waals surface area contributed by atoms with Gasteiger partial charge in [0.25, 0.3) is 5.91 Å². The van der Waals surface area contributed by atoms with Crippen LogP contribution in [0.1, 0.15) is 47.2 Å². The lowest BCUT2D eigenvalue weighted by molar-refractivity contribution is 0.0746. The zero-order chi connectivity index (χ0) is 21.9. The van der Waals surface area contributed by atoms with E-state index in [1.165, 1.54) is 62.0 Å². The van der Waals surface area contributed by atoms with Gasteiger partial charge in [-0.3, -0.25) is 9.69 Å². The lowest BCUT2D eigenvalue weighted by Gasteiger charge is -2.36. The Balaban J connectivity index is 1.21. The van der Waals surface area contributed by atoms with E-state index in [0.29, 0.717) is 5.56 Å². The molecule has 0 atom stereocenters. The molecule has 5 rings (SSSR count). The third kappa shape index (κ3) is 4.49. The number of fused-ring (bicyclic) bond motifs is 1. The number of nitrogens with zero attached hydrogens (tertiary/aromatic N) is 3. The molecule has 5 heteroatoms. The maximum atomic E-state index is 12.9. The highest BCUT2D eigenvalue weighted by Gasteiger charge is 2.26. The first-order valence-corrected chi connectivity index (χ1v) is 12.3. The van der Waals surface area contributed by atoms with Gasteiger partial charge in [-0.05, 0) is 67.1 Å². The Morgan fingerprint density at radius 3 is 2.38 bits per heavy atom. The van der Waals surface area contributed by atoms with E-state index in [1.807, 2.05) is 29.2 Å². The van der Waals surface area contributed by atoms with Gasteiger partial charge in [0.05, 0.1) is 7.11 Å². The predicted molar refractivity (Wildman–Crippen MR) is 129 cm³/mol. The average molecular weight is 434 g/mol. The Bertz CT molecular complexity index is 946. The lowest BCUT2D eigenvalue weighted by atomic mass is 10.0. The fourth-order valence-electron chi connectivity index (χ4n) is 5.67. The maximum Gasteiger partial charge on any atom is 0.254 e. The second-order valence-electron chi connectivity index (χ2n) is 9.44. The molecule has 1 amide bonds. The standard InChI is InChI=1S/C27H35N3O2/c1-32-26-8-4-5-23(20-26)27(31)30-17-15-29(16-18-30)25-10-9-21-11-13-28(14-12-22(21)19-25)24-6-2-3-7-24/h4-5,8-10,19-20,24H,2-3,6-7,11-18H2,1H3. The summed E-state index contributed by atoms with van der Waals surface area (Å²) in [5, 5.41) is 0. The molecule has 1 saturated heterocycles. The van der Waals surface area contributed by atoms with Crippen LogP contribution in [0.25, 0.3) is 0 Å². The van der Waals surface area contributed by atoms with Gasteiger partial charge < -0.3 is 14.5 Å². The molecule has 5 nitrogen and oxygen atoms in total. The minimum atomic E-state index is 0.0949. The molecule has 2 heterocycles. The van der Waals surface area contributed by atoms with Gasteiger partial charge in [-0.2, -0.15) is 0 Å². The summed E-state index contributed by atoms with van der Waals surface area (Å²) in [4.78, 5) is 20.1. The van der Waals surface area contributed by atoms with Gasteiger partial charge in [0, 0.05) is 56.6 Å². The molecule has 2 aromatic rings. The Morgan fingerprint density at radius 2 is 1.62 bits per heavy atom. The summed E-state index contributed by atoms with van der Waals surface area (Å²) in [5.74, 6) is 0.823. The number of amides is 1. The van der Waals surface area contributed by atoms with Crippen molar-refractivity contribution in [3.63, 3.8) is 0 Å². The number of carbonyl (C=O) groups is 1. The van der Waals surface area contributed by atoms with Gasteiger partial charge in [0.15, 0.2) is 0 Å². The molecule has 0 radical (unpaired) electrons. The summed E-state index contributed by atoms with van der Waals surface area (Å²) in [7, 11) is 1.63. The summed E-state index contributed by atoms with van der Waals surface area (Å²) in [5.41, 5.74) is 5.07. The Labute approximate surface area is 191 Å². The van der Waals surface area contributed by atoms with Crippen LogP contribution < -0.4 is 9.64 Å². The Morgan fingerprint density at radius 1 is 0.875 bits per heavy atom. The number of rotatable bonds is 4. The SMILES string of the molecule is COc1cccc(C(=O)N2CCN(c3ccc4c(c3)CCN(C3CCCC3)CC4)CC2)c1. The van der Waals surface area contributed by atoms with Gasteiger partial charge in [0.2, 0.25) is 0 Å². The molecule has 0 aromatic heterocycles. The van der Waals surface area contributed by atoms with Crippen molar-refractivity contribution >= 4 is 11.6 Å². The van der Waals surface area contributed by atoms with Crippen LogP contribution >= 0.6 is 0 Å². The van der Waals surface area contributed by atoms with Gasteiger partial charge in [-0.1, -0.05) is 25.0 Å². The van der Waals surface area contributed by atoms with E-state index in [-0.39, 0.29) is 5.91 Å². The van der Waals surface area contributed by atoms with E-state index >= 15 is 0 Å². The van der Waals surface area contributed by atoms with Crippen LogP contribution in [0.2, 0.25) is 0 Å². The predicted octanol–water partition coefficient (Wildman–Crippen LogP) is 4.00. The van der Waals surface area contributed by atoms with Crippen LogP contribution in [0.4, 0.5) is 5.69 Å². The summed E-state index contributed by atoms with van der Waals surface area (Å²) >= 11 is 0. The topological polar surface area (TPSA) is 36.0 Å². The Hall–Kier alpha value is -2.53. The molecule has 3 aliphatic rings. The van der Waals surface area contributed by atoms with Crippen molar-refractivity contribution in [1.82, 2.24) is 9.80 Å². The maximum absolute atomic E-state index is 12.9. The number of ether oxygens (including phenoxy) is 1. The molecule has 0 spiro atoms. The lowest BCUT2D eigenvalue weighted by Crippen LogP contribution is -2.48. The van der Waals surface area contributed by atoms with Crippen LogP contribution in [0.15, 0.2) is 42.5 Å². The molecule has 170 valence electrons. The average Bonchev–Trinajstić information content (AvgIpc) is 3.31. The number of hydrogen-bond acceptors (Lipinski definition) is 4. The van der Waals surface area contributed by atoms with Crippen molar-refractivity contribution in [1.29, 1.82) is 0 Å². The minimum absolute atomic E-state index is 0.0949. The minimum Gasteiger partial charge on any atom is -0.497 e. The first-order valence-electron chi connectivity index (χ1n) is 12.3. The monoisotopic (exact) mass is 433 g/mol. The summed E-state index contributed by atoms with van der Waals surface area (Å²) in [6.45, 7) is 5.67. The molecule has 2 aromatic carbocycles. The number of anilines is 1. The van der Waals surface area contributed by atoms with Crippen LogP contribution in [0.5, 0.6) is 5.75 Å². The van der Waals surface area contributed by atoms with Crippen LogP contribution in [-0.4, -0.2) is 68.1 Å². The van der Waals surface area contributed by atoms with Crippen LogP contribution in [0, 0.1) is 0 Å². The summed E-state index contributed by atoms with van der Waals surface area (Å²) < 4.78 is 5.28. The first-order chi connectivity index (χ1) is 15.7. The molecule has 0 N–H and O–H groups in total. The quantitative estimate of drug-likeness (QED) is 0.730. The summed E-state index contributed by atoms with van der Waals surface area (Å²) in [6, 6.07) is 15.4. The smallest absolute Gasteiger partial charge is 0.254 e. The molecule has 0 unspecified atom stereocenters. The van der Waals surface area contributed by atoms with Gasteiger partial charge >= 0.3 is 0 Å². The van der Waals surface area contributed by atoms with Crippen molar-refractivity contribution in [3.05, 3.63) is 59.2 Å². The highest BCUT2D eigenvalue weighted by molar-refractivity contribution is 5.94. The third-order valence-corrected chi connectivity index (χ3v) is 7.62. The fourth-order valence-corrected chi connectivity index (χ4v) is 5.67. The van der Waals surface area contributed by atoms with E-state index in [0.717, 1.165) is 44.4 Å². The van der Waals surface area contributed by atoms with E-state index in [2.05, 4.69) is 28.0 Å². The number of piperazine rings is 1. The number of methoxy groups -OCH3 is 1. The zero-order valence-electron chi connectivity index (χ0n) is 19.3. The highest BCUT2D eigenvalue weighted by Crippen LogP contribution is 2.28. The molecular formula is C27H35N3O2. The normalized spacial score (nSPS) is 20.2. The van der Waals surface area contributed by atoms with Crippen molar-refractivity contribution in [2.75, 3.05) is 51.3 Å². The number of carbonyl (C=O) groups excluding carboxylic acids is 1. The van der Waals surface area contributed by atoms with E-state index < -0.39 is 0 Å². The van der Waals surface area contributed by atoms with Crippen molar-refractivity contribution in [3.8, 4) is 5.75 Å². The zero-order valence-corrected chi connectivity index (χ0v) is 19.3. The summed E-state index contributed by atoms with van der Waals surface area (Å²) in [6.07, 6.45) is 7.93. The molecule has 1 saturated carbocycles. The number of benzene rings is 2. The molecule has 2 aliphatic heterocycles. The van der Waals surface area contributed by atoms with Crippen LogP contribution in [0.3, 0.4) is 0 Å². The molecule has 1 aliphatic carbocycles. The molecule has 32 heavy (non-hydrogen) atoms. The molecule has 0 bridgehead atoms. The largest absolute Gasteiger partial charge is 0.497 e. The van der Waals surface area contributed by atoms with E-state index in [1.54, 1.807) is 7.11 Å². The second kappa shape index (κ2) is 9.53. The van der Waals surface area contributed by atoms with Gasteiger partial charge in [-0.15, -0.1) is 0 Å². The van der Waals surface area contributed by atoms with Crippen LogP contribution in [-0.2, 0) is 12.8 Å². The molecular weight excluding hydrogens is 398 g/mol. The Kier molecular flexibility index (Phi) is 6.35. The van der Waals surface area contributed by atoms with Crippen molar-refractivity contribution in [2.45, 2.75) is 44.6 Å². The molecule has 2 fully saturated rings.